The standard InChI is InChI=1S/C28H36INO2/c1-19(2)20-6-12-24-21(18-20)7-13-25-27(24,3)14-5-15-28(25,4)26(31)32-17-16-30-23-10-8-22(29)9-11-23/h6,8-12,18-19,25,30H,5,7,13-17H2,1-4H3/t25-,27-,28-/m1/s1. The van der Waals surface area contributed by atoms with Crippen LogP contribution in [0.2, 0.25) is 0 Å². The summed E-state index contributed by atoms with van der Waals surface area (Å²) in [7, 11) is 0. The van der Waals surface area contributed by atoms with Crippen molar-refractivity contribution >= 4 is 34.2 Å². The first kappa shape index (κ1) is 23.6. The van der Waals surface area contributed by atoms with Crippen LogP contribution in [-0.4, -0.2) is 19.1 Å². The van der Waals surface area contributed by atoms with Gasteiger partial charge in [0.1, 0.15) is 6.61 Å². The largest absolute Gasteiger partial charge is 0.463 e. The molecule has 0 aromatic heterocycles. The maximum Gasteiger partial charge on any atom is 0.312 e. The SMILES string of the molecule is CC(C)c1ccc2c(c1)CC[C@H]1[C@](C)(C(=O)OCCNc3ccc(I)cc3)CCC[C@]21C. The zero-order valence-electron chi connectivity index (χ0n) is 19.8. The minimum absolute atomic E-state index is 0.0138. The summed E-state index contributed by atoms with van der Waals surface area (Å²) >= 11 is 2.30. The van der Waals surface area contributed by atoms with Crippen molar-refractivity contribution in [3.63, 3.8) is 0 Å². The van der Waals surface area contributed by atoms with E-state index in [-0.39, 0.29) is 11.4 Å². The minimum Gasteiger partial charge on any atom is -0.463 e. The number of aryl methyl sites for hydroxylation is 1. The van der Waals surface area contributed by atoms with Crippen molar-refractivity contribution in [2.24, 2.45) is 11.3 Å². The van der Waals surface area contributed by atoms with Gasteiger partial charge in [0.2, 0.25) is 0 Å². The quantitative estimate of drug-likeness (QED) is 0.240. The Morgan fingerprint density at radius 1 is 1.16 bits per heavy atom. The summed E-state index contributed by atoms with van der Waals surface area (Å²) in [5.41, 5.74) is 5.08. The number of hydrogen-bond acceptors (Lipinski definition) is 3. The molecule has 4 heteroatoms. The zero-order chi connectivity index (χ0) is 22.9. The number of ether oxygens (including phenoxy) is 1. The van der Waals surface area contributed by atoms with Crippen LogP contribution in [0, 0.1) is 14.9 Å². The molecule has 1 saturated carbocycles. The molecule has 32 heavy (non-hydrogen) atoms. The summed E-state index contributed by atoms with van der Waals surface area (Å²) in [6.07, 6.45) is 5.29. The van der Waals surface area contributed by atoms with E-state index in [9.17, 15) is 4.79 Å². The van der Waals surface area contributed by atoms with Gasteiger partial charge in [-0.3, -0.25) is 4.79 Å². The molecule has 0 bridgehead atoms. The summed E-state index contributed by atoms with van der Waals surface area (Å²) in [4.78, 5) is 13.4. The van der Waals surface area contributed by atoms with E-state index in [1.54, 1.807) is 0 Å². The van der Waals surface area contributed by atoms with Crippen molar-refractivity contribution in [3.8, 4) is 0 Å². The highest BCUT2D eigenvalue weighted by molar-refractivity contribution is 14.1. The molecule has 2 aromatic carbocycles. The lowest BCUT2D eigenvalue weighted by Crippen LogP contribution is -2.53. The number of carbonyl (C=O) groups excluding carboxylic acids is 1. The van der Waals surface area contributed by atoms with Crippen molar-refractivity contribution < 1.29 is 9.53 Å². The Labute approximate surface area is 206 Å². The number of hydrogen-bond donors (Lipinski definition) is 1. The molecule has 4 rings (SSSR count). The molecule has 2 aliphatic rings. The van der Waals surface area contributed by atoms with E-state index >= 15 is 0 Å². The Kier molecular flexibility index (Phi) is 6.90. The molecule has 1 N–H and O–H groups in total. The van der Waals surface area contributed by atoms with E-state index in [0.29, 0.717) is 25.0 Å². The minimum atomic E-state index is -0.412. The Morgan fingerprint density at radius 2 is 1.91 bits per heavy atom. The number of fused-ring (bicyclic) bond motifs is 3. The zero-order valence-corrected chi connectivity index (χ0v) is 22.0. The van der Waals surface area contributed by atoms with E-state index in [4.69, 9.17) is 4.74 Å². The Morgan fingerprint density at radius 3 is 2.62 bits per heavy atom. The van der Waals surface area contributed by atoms with Gasteiger partial charge in [0, 0.05) is 15.8 Å². The van der Waals surface area contributed by atoms with E-state index in [1.165, 1.54) is 20.3 Å². The maximum absolute atomic E-state index is 13.4. The van der Waals surface area contributed by atoms with Gasteiger partial charge < -0.3 is 10.1 Å². The van der Waals surface area contributed by atoms with Crippen molar-refractivity contribution in [3.05, 3.63) is 62.7 Å². The Hall–Kier alpha value is -1.56. The maximum atomic E-state index is 13.4. The second kappa shape index (κ2) is 9.36. The molecular weight excluding hydrogens is 509 g/mol. The third-order valence-corrected chi connectivity index (χ3v) is 8.74. The summed E-state index contributed by atoms with van der Waals surface area (Å²) in [5.74, 6) is 0.864. The molecule has 0 amide bonds. The third-order valence-electron chi connectivity index (χ3n) is 8.02. The van der Waals surface area contributed by atoms with Gasteiger partial charge in [-0.2, -0.15) is 0 Å². The topological polar surface area (TPSA) is 38.3 Å². The summed E-state index contributed by atoms with van der Waals surface area (Å²) in [5, 5.41) is 3.35. The predicted molar refractivity (Wildman–Crippen MR) is 140 cm³/mol. The molecule has 0 heterocycles. The van der Waals surface area contributed by atoms with Crippen LogP contribution < -0.4 is 5.32 Å². The molecular formula is C28H36INO2. The van der Waals surface area contributed by atoms with E-state index < -0.39 is 5.41 Å². The molecule has 172 valence electrons. The van der Waals surface area contributed by atoms with Crippen LogP contribution in [0.4, 0.5) is 5.69 Å². The van der Waals surface area contributed by atoms with Gasteiger partial charge in [0.15, 0.2) is 0 Å². The second-order valence-electron chi connectivity index (χ2n) is 10.4. The number of rotatable bonds is 6. The van der Waals surface area contributed by atoms with Gasteiger partial charge >= 0.3 is 5.97 Å². The molecule has 1 fully saturated rings. The highest BCUT2D eigenvalue weighted by atomic mass is 127. The number of esters is 1. The van der Waals surface area contributed by atoms with Gasteiger partial charge in [-0.1, -0.05) is 45.4 Å². The number of benzene rings is 2. The Balaban J connectivity index is 1.45. The monoisotopic (exact) mass is 545 g/mol. The first-order valence-electron chi connectivity index (χ1n) is 12.0. The predicted octanol–water partition coefficient (Wildman–Crippen LogP) is 7.08. The molecule has 0 aliphatic heterocycles. The fraction of sp³-hybridized carbons (Fsp3) is 0.536. The van der Waals surface area contributed by atoms with Crippen LogP contribution in [-0.2, 0) is 21.4 Å². The van der Waals surface area contributed by atoms with Gasteiger partial charge in [-0.15, -0.1) is 0 Å². The third kappa shape index (κ3) is 4.44. The molecule has 3 atom stereocenters. The lowest BCUT2D eigenvalue weighted by Gasteiger charge is -2.54. The number of halogens is 1. The molecule has 2 aliphatic carbocycles. The van der Waals surface area contributed by atoms with Crippen LogP contribution in [0.1, 0.15) is 76.0 Å². The smallest absolute Gasteiger partial charge is 0.312 e. The highest BCUT2D eigenvalue weighted by Crippen LogP contribution is 2.57. The lowest BCUT2D eigenvalue weighted by atomic mass is 9.49. The van der Waals surface area contributed by atoms with Gasteiger partial charge in [-0.05, 0) is 113 Å². The van der Waals surface area contributed by atoms with E-state index in [1.807, 2.05) is 0 Å². The summed E-state index contributed by atoms with van der Waals surface area (Å²) in [6, 6.07) is 15.3. The molecule has 0 unspecified atom stereocenters. The van der Waals surface area contributed by atoms with Crippen molar-refractivity contribution in [2.45, 2.75) is 71.1 Å². The summed E-state index contributed by atoms with van der Waals surface area (Å²) in [6.45, 7) is 10.1. The Bertz CT molecular complexity index is 970. The van der Waals surface area contributed by atoms with Crippen molar-refractivity contribution in [1.82, 2.24) is 0 Å². The molecule has 3 nitrogen and oxygen atoms in total. The van der Waals surface area contributed by atoms with Crippen molar-refractivity contribution in [1.29, 1.82) is 0 Å². The number of nitrogens with one attached hydrogen (secondary N) is 1. The van der Waals surface area contributed by atoms with E-state index in [0.717, 1.165) is 37.8 Å². The normalized spacial score (nSPS) is 26.9. The fourth-order valence-corrected chi connectivity index (χ4v) is 6.55. The van der Waals surface area contributed by atoms with Gasteiger partial charge in [-0.25, -0.2) is 0 Å². The van der Waals surface area contributed by atoms with Gasteiger partial charge in [0.05, 0.1) is 5.41 Å². The fourth-order valence-electron chi connectivity index (χ4n) is 6.19. The molecule has 0 spiro atoms. The van der Waals surface area contributed by atoms with Crippen LogP contribution in [0.5, 0.6) is 0 Å². The van der Waals surface area contributed by atoms with Crippen molar-refractivity contribution in [2.75, 3.05) is 18.5 Å². The lowest BCUT2D eigenvalue weighted by molar-refractivity contribution is -0.164. The average Bonchev–Trinajstić information content (AvgIpc) is 2.77. The van der Waals surface area contributed by atoms with Gasteiger partial charge in [0.25, 0.3) is 0 Å². The first-order chi connectivity index (χ1) is 15.2. The van der Waals surface area contributed by atoms with Crippen LogP contribution in [0.25, 0.3) is 0 Å². The number of anilines is 1. The first-order valence-corrected chi connectivity index (χ1v) is 13.1. The average molecular weight is 546 g/mol. The second-order valence-corrected chi connectivity index (χ2v) is 11.7. The van der Waals surface area contributed by atoms with Crippen LogP contribution >= 0.6 is 22.6 Å². The molecule has 0 radical (unpaired) electrons. The van der Waals surface area contributed by atoms with E-state index in [2.05, 4.69) is 98.1 Å². The summed E-state index contributed by atoms with van der Waals surface area (Å²) < 4.78 is 7.07. The van der Waals surface area contributed by atoms with Crippen LogP contribution in [0.3, 0.4) is 0 Å². The molecule has 0 saturated heterocycles. The highest BCUT2D eigenvalue weighted by Gasteiger charge is 2.55. The number of carbonyl (C=O) groups is 1. The van der Waals surface area contributed by atoms with Crippen LogP contribution in [0.15, 0.2) is 42.5 Å². The molecule has 2 aromatic rings.